The summed E-state index contributed by atoms with van der Waals surface area (Å²) < 4.78 is 0. The Labute approximate surface area is 152 Å². The molecular formula is C20H21ClN2O2. The molecule has 0 saturated carbocycles. The number of nitrogens with zero attached hydrogens (tertiary/aromatic N) is 1. The third-order valence-electron chi connectivity index (χ3n) is 4.51. The van der Waals surface area contributed by atoms with E-state index in [0.29, 0.717) is 18.1 Å². The van der Waals surface area contributed by atoms with Gasteiger partial charge in [-0.3, -0.25) is 9.59 Å². The molecule has 3 rings (SSSR count). The van der Waals surface area contributed by atoms with Gasteiger partial charge in [0.25, 0.3) is 0 Å². The maximum absolute atomic E-state index is 12.5. The van der Waals surface area contributed by atoms with Crippen molar-refractivity contribution in [3.63, 3.8) is 0 Å². The molecule has 2 aromatic rings. The van der Waals surface area contributed by atoms with E-state index in [1.165, 1.54) is 0 Å². The number of rotatable bonds is 5. The summed E-state index contributed by atoms with van der Waals surface area (Å²) in [6.45, 7) is 2.90. The van der Waals surface area contributed by atoms with E-state index in [9.17, 15) is 9.59 Å². The number of hydrogen-bond donors (Lipinski definition) is 1. The summed E-state index contributed by atoms with van der Waals surface area (Å²) in [5.74, 6) is -0.412. The van der Waals surface area contributed by atoms with E-state index in [2.05, 4.69) is 12.2 Å². The molecule has 1 heterocycles. The standard InChI is InChI=1S/C20H21ClN2O2/c1-2-15-7-3-4-9-18(15)23-13-16(11-19(23)24)20(25)22-12-14-6-5-8-17(21)10-14/h3-10,16H,2,11-13H2,1H3,(H,22,25). The van der Waals surface area contributed by atoms with E-state index < -0.39 is 0 Å². The SMILES string of the molecule is CCc1ccccc1N1CC(C(=O)NCc2cccc(Cl)c2)CC1=O. The van der Waals surface area contributed by atoms with Crippen molar-refractivity contribution >= 4 is 29.1 Å². The number of anilines is 1. The lowest BCUT2D eigenvalue weighted by Crippen LogP contribution is -2.32. The molecule has 0 spiro atoms. The van der Waals surface area contributed by atoms with Crippen LogP contribution in [0.2, 0.25) is 5.02 Å². The molecule has 2 amide bonds. The first-order valence-corrected chi connectivity index (χ1v) is 8.86. The molecule has 1 aliphatic rings. The zero-order valence-electron chi connectivity index (χ0n) is 14.2. The summed E-state index contributed by atoms with van der Waals surface area (Å²) >= 11 is 5.96. The van der Waals surface area contributed by atoms with Crippen LogP contribution in [-0.4, -0.2) is 18.4 Å². The van der Waals surface area contributed by atoms with Gasteiger partial charge in [0.2, 0.25) is 11.8 Å². The predicted molar refractivity (Wildman–Crippen MR) is 99.6 cm³/mol. The second-order valence-electron chi connectivity index (χ2n) is 6.24. The van der Waals surface area contributed by atoms with Gasteiger partial charge in [-0.1, -0.05) is 48.9 Å². The Morgan fingerprint density at radius 2 is 2.04 bits per heavy atom. The van der Waals surface area contributed by atoms with Crippen LogP contribution in [0.1, 0.15) is 24.5 Å². The molecule has 5 heteroatoms. The quantitative estimate of drug-likeness (QED) is 0.890. The van der Waals surface area contributed by atoms with Crippen molar-refractivity contribution in [2.75, 3.05) is 11.4 Å². The van der Waals surface area contributed by atoms with Gasteiger partial charge in [0, 0.05) is 30.2 Å². The molecule has 1 aliphatic heterocycles. The van der Waals surface area contributed by atoms with Gasteiger partial charge in [0.15, 0.2) is 0 Å². The highest BCUT2D eigenvalue weighted by molar-refractivity contribution is 6.30. The summed E-state index contributed by atoms with van der Waals surface area (Å²) in [6.07, 6.45) is 1.10. The number of carbonyl (C=O) groups is 2. The maximum Gasteiger partial charge on any atom is 0.227 e. The number of carbonyl (C=O) groups excluding carboxylic acids is 2. The summed E-state index contributed by atoms with van der Waals surface area (Å²) in [7, 11) is 0. The fourth-order valence-corrected chi connectivity index (χ4v) is 3.38. The van der Waals surface area contributed by atoms with Gasteiger partial charge in [-0.05, 0) is 35.7 Å². The van der Waals surface area contributed by atoms with E-state index in [1.807, 2.05) is 42.5 Å². The van der Waals surface area contributed by atoms with Crippen LogP contribution in [0, 0.1) is 5.92 Å². The van der Waals surface area contributed by atoms with Crippen molar-refractivity contribution < 1.29 is 9.59 Å². The number of para-hydroxylation sites is 1. The Morgan fingerprint density at radius 1 is 1.24 bits per heavy atom. The fraction of sp³-hybridized carbons (Fsp3) is 0.300. The molecule has 1 atom stereocenters. The normalized spacial score (nSPS) is 17.0. The molecule has 0 aromatic heterocycles. The van der Waals surface area contributed by atoms with Crippen molar-refractivity contribution in [1.82, 2.24) is 5.32 Å². The molecule has 0 radical (unpaired) electrons. The lowest BCUT2D eigenvalue weighted by atomic mass is 10.1. The summed E-state index contributed by atoms with van der Waals surface area (Å²) in [5.41, 5.74) is 2.98. The van der Waals surface area contributed by atoms with Gasteiger partial charge in [0.1, 0.15) is 0 Å². The number of halogens is 1. The Bertz CT molecular complexity index is 791. The van der Waals surface area contributed by atoms with Gasteiger partial charge in [-0.2, -0.15) is 0 Å². The van der Waals surface area contributed by atoms with Gasteiger partial charge in [0.05, 0.1) is 5.92 Å². The Morgan fingerprint density at radius 3 is 2.80 bits per heavy atom. The number of benzene rings is 2. The highest BCUT2D eigenvalue weighted by Gasteiger charge is 2.35. The van der Waals surface area contributed by atoms with Gasteiger partial charge >= 0.3 is 0 Å². The van der Waals surface area contributed by atoms with Crippen molar-refractivity contribution in [2.24, 2.45) is 5.92 Å². The van der Waals surface area contributed by atoms with Crippen LogP contribution in [0.5, 0.6) is 0 Å². The number of aryl methyl sites for hydroxylation is 1. The van der Waals surface area contributed by atoms with Crippen LogP contribution in [0.25, 0.3) is 0 Å². The van der Waals surface area contributed by atoms with Crippen LogP contribution in [0.4, 0.5) is 5.69 Å². The van der Waals surface area contributed by atoms with E-state index in [-0.39, 0.29) is 24.2 Å². The van der Waals surface area contributed by atoms with Crippen molar-refractivity contribution in [1.29, 1.82) is 0 Å². The third-order valence-corrected chi connectivity index (χ3v) is 4.75. The highest BCUT2D eigenvalue weighted by Crippen LogP contribution is 2.28. The van der Waals surface area contributed by atoms with Crippen LogP contribution in [-0.2, 0) is 22.6 Å². The number of hydrogen-bond acceptors (Lipinski definition) is 2. The summed E-state index contributed by atoms with van der Waals surface area (Å²) in [6, 6.07) is 15.3. The number of amides is 2. The monoisotopic (exact) mass is 356 g/mol. The smallest absolute Gasteiger partial charge is 0.227 e. The van der Waals surface area contributed by atoms with Crippen LogP contribution in [0.15, 0.2) is 48.5 Å². The first-order chi connectivity index (χ1) is 12.1. The van der Waals surface area contributed by atoms with Crippen LogP contribution >= 0.6 is 11.6 Å². The predicted octanol–water partition coefficient (Wildman–Crippen LogP) is 3.57. The minimum absolute atomic E-state index is 0.00352. The van der Waals surface area contributed by atoms with E-state index in [1.54, 1.807) is 11.0 Å². The minimum Gasteiger partial charge on any atom is -0.352 e. The Balaban J connectivity index is 1.64. The summed E-state index contributed by atoms with van der Waals surface area (Å²) in [5, 5.41) is 3.56. The number of nitrogens with one attached hydrogen (secondary N) is 1. The molecule has 1 saturated heterocycles. The minimum atomic E-state index is -0.323. The molecule has 1 unspecified atom stereocenters. The average molecular weight is 357 g/mol. The molecule has 130 valence electrons. The molecule has 25 heavy (non-hydrogen) atoms. The molecule has 4 nitrogen and oxygen atoms in total. The third kappa shape index (κ3) is 4.02. The lowest BCUT2D eigenvalue weighted by molar-refractivity contribution is -0.126. The van der Waals surface area contributed by atoms with Crippen molar-refractivity contribution in [3.05, 3.63) is 64.7 Å². The molecule has 1 fully saturated rings. The maximum atomic E-state index is 12.5. The molecular weight excluding hydrogens is 336 g/mol. The van der Waals surface area contributed by atoms with Gasteiger partial charge < -0.3 is 10.2 Å². The molecule has 2 aromatic carbocycles. The zero-order chi connectivity index (χ0) is 17.8. The van der Waals surface area contributed by atoms with Crippen molar-refractivity contribution in [3.8, 4) is 0 Å². The van der Waals surface area contributed by atoms with Gasteiger partial charge in [-0.25, -0.2) is 0 Å². The molecule has 0 bridgehead atoms. The highest BCUT2D eigenvalue weighted by atomic mass is 35.5. The lowest BCUT2D eigenvalue weighted by Gasteiger charge is -2.20. The first kappa shape index (κ1) is 17.5. The summed E-state index contributed by atoms with van der Waals surface area (Å²) in [4.78, 5) is 26.6. The second-order valence-corrected chi connectivity index (χ2v) is 6.67. The van der Waals surface area contributed by atoms with E-state index >= 15 is 0 Å². The Hall–Kier alpha value is -2.33. The topological polar surface area (TPSA) is 49.4 Å². The van der Waals surface area contributed by atoms with Crippen LogP contribution < -0.4 is 10.2 Å². The molecule has 0 aliphatic carbocycles. The largest absolute Gasteiger partial charge is 0.352 e. The zero-order valence-corrected chi connectivity index (χ0v) is 14.9. The second kappa shape index (κ2) is 7.70. The first-order valence-electron chi connectivity index (χ1n) is 8.49. The van der Waals surface area contributed by atoms with Gasteiger partial charge in [-0.15, -0.1) is 0 Å². The van der Waals surface area contributed by atoms with E-state index in [0.717, 1.165) is 23.2 Å². The van der Waals surface area contributed by atoms with E-state index in [4.69, 9.17) is 11.6 Å². The van der Waals surface area contributed by atoms with Crippen LogP contribution in [0.3, 0.4) is 0 Å². The van der Waals surface area contributed by atoms with Crippen molar-refractivity contribution in [2.45, 2.75) is 26.3 Å². The fourth-order valence-electron chi connectivity index (χ4n) is 3.17. The molecule has 1 N–H and O–H groups in total. The Kier molecular flexibility index (Phi) is 5.39. The average Bonchev–Trinajstić information content (AvgIpc) is 3.01.